The Hall–Kier alpha value is -5.25. The second kappa shape index (κ2) is 13.5. The predicted molar refractivity (Wildman–Crippen MR) is 152 cm³/mol. The van der Waals surface area contributed by atoms with Crippen molar-refractivity contribution in [2.45, 2.75) is 19.3 Å². The zero-order valence-corrected chi connectivity index (χ0v) is 21.7. The lowest BCUT2D eigenvalue weighted by Gasteiger charge is -2.12. The number of rotatable bonds is 13. The first-order valence-corrected chi connectivity index (χ1v) is 12.7. The number of carbonyl (C=O) groups is 2. The molecule has 3 aromatic carbocycles. The number of azo groups is 1. The number of hydrogen-bond acceptors (Lipinski definition) is 8. The number of aromatic hydroxyl groups is 1. The Balaban J connectivity index is 1.50. The number of amides is 2. The van der Waals surface area contributed by atoms with E-state index in [9.17, 15) is 14.7 Å². The number of hydrogen-bond donors (Lipinski definition) is 3. The molecule has 10 nitrogen and oxygen atoms in total. The lowest BCUT2D eigenvalue weighted by atomic mass is 10.0. The van der Waals surface area contributed by atoms with Gasteiger partial charge in [0.1, 0.15) is 11.4 Å². The van der Waals surface area contributed by atoms with Crippen molar-refractivity contribution in [3.63, 3.8) is 0 Å². The summed E-state index contributed by atoms with van der Waals surface area (Å²) in [5.74, 6) is -0.936. The molecule has 0 bridgehead atoms. The lowest BCUT2D eigenvalue weighted by Crippen LogP contribution is -2.12. The number of ether oxygens (including phenoxy) is 2. The van der Waals surface area contributed by atoms with E-state index < -0.39 is 11.8 Å². The van der Waals surface area contributed by atoms with Crippen LogP contribution in [-0.4, -0.2) is 35.1 Å². The van der Waals surface area contributed by atoms with Crippen LogP contribution in [0, 0.1) is 0 Å². The summed E-state index contributed by atoms with van der Waals surface area (Å²) in [5, 5.41) is 23.3. The van der Waals surface area contributed by atoms with Crippen molar-refractivity contribution in [1.29, 1.82) is 0 Å². The van der Waals surface area contributed by atoms with Crippen molar-refractivity contribution in [2.24, 2.45) is 16.0 Å². The first kappa shape index (κ1) is 27.8. The number of unbranched alkanes of at least 4 members (excludes halogenated alkanes) is 2. The van der Waals surface area contributed by atoms with Crippen LogP contribution in [0.25, 0.3) is 10.8 Å². The van der Waals surface area contributed by atoms with Gasteiger partial charge >= 0.3 is 0 Å². The molecule has 40 heavy (non-hydrogen) atoms. The zero-order valence-electron chi connectivity index (χ0n) is 21.7. The average Bonchev–Trinajstić information content (AvgIpc) is 2.97. The van der Waals surface area contributed by atoms with E-state index in [-0.39, 0.29) is 28.4 Å². The summed E-state index contributed by atoms with van der Waals surface area (Å²) in [6, 6.07) is 18.7. The number of nitrogens with one attached hydrogen (secondary N) is 1. The number of anilines is 1. The smallest absolute Gasteiger partial charge is 0.259 e. The van der Waals surface area contributed by atoms with Crippen LogP contribution in [0.2, 0.25) is 0 Å². The highest BCUT2D eigenvalue weighted by molar-refractivity contribution is 6.11. The summed E-state index contributed by atoms with van der Waals surface area (Å²) in [5.41, 5.74) is 6.07. The molecule has 0 radical (unpaired) electrons. The number of aromatic nitrogens is 1. The summed E-state index contributed by atoms with van der Waals surface area (Å²) in [6.45, 7) is 4.73. The van der Waals surface area contributed by atoms with Crippen LogP contribution in [-0.2, 0) is 4.74 Å². The van der Waals surface area contributed by atoms with E-state index in [1.165, 1.54) is 18.5 Å². The third-order valence-electron chi connectivity index (χ3n) is 5.94. The molecule has 0 unspecified atom stereocenters. The monoisotopic (exact) mass is 539 g/mol. The van der Waals surface area contributed by atoms with Crippen LogP contribution in [0.3, 0.4) is 0 Å². The molecule has 4 N–H and O–H groups in total. The molecule has 10 heteroatoms. The summed E-state index contributed by atoms with van der Waals surface area (Å²) < 4.78 is 10.9. The largest absolute Gasteiger partial charge is 0.505 e. The number of nitrogens with zero attached hydrogens (tertiary/aromatic N) is 3. The maximum atomic E-state index is 13.2. The third-order valence-corrected chi connectivity index (χ3v) is 5.94. The fraction of sp³-hybridized carbons (Fsp3) is 0.167. The third kappa shape index (κ3) is 6.98. The maximum absolute atomic E-state index is 13.2. The minimum atomic E-state index is -0.713. The average molecular weight is 540 g/mol. The zero-order chi connectivity index (χ0) is 28.3. The quantitative estimate of drug-likeness (QED) is 0.101. The van der Waals surface area contributed by atoms with Crippen LogP contribution in [0.5, 0.6) is 11.5 Å². The van der Waals surface area contributed by atoms with E-state index >= 15 is 0 Å². The van der Waals surface area contributed by atoms with E-state index in [4.69, 9.17) is 15.2 Å². The van der Waals surface area contributed by atoms with E-state index in [0.29, 0.717) is 35.4 Å². The van der Waals surface area contributed by atoms with Crippen LogP contribution in [0.15, 0.2) is 96.0 Å². The van der Waals surface area contributed by atoms with Crippen LogP contribution < -0.4 is 15.8 Å². The summed E-state index contributed by atoms with van der Waals surface area (Å²) in [7, 11) is 0. The van der Waals surface area contributed by atoms with Crippen molar-refractivity contribution >= 4 is 39.8 Å². The molecule has 4 aromatic rings. The van der Waals surface area contributed by atoms with Crippen molar-refractivity contribution in [3.8, 4) is 11.5 Å². The van der Waals surface area contributed by atoms with Gasteiger partial charge in [0.2, 0.25) is 0 Å². The standard InChI is InChI=1S/C30H29N5O5/c1-2-39-17-6-3-7-18-40-22-14-12-21(13-15-22)33-30(38)25-19-20-9-4-5-10-23(20)26(27(25)36)34-35-29-24(28(31)37)11-8-16-32-29/h2,4-5,8-16,19,36H,1,3,6-7,17-18H2,(H2,31,37)(H,33,38). The van der Waals surface area contributed by atoms with Crippen molar-refractivity contribution in [1.82, 2.24) is 4.98 Å². The molecule has 0 aliphatic carbocycles. The van der Waals surface area contributed by atoms with Gasteiger partial charge < -0.3 is 25.6 Å². The molecule has 0 atom stereocenters. The molecule has 0 aliphatic heterocycles. The normalized spacial score (nSPS) is 10.9. The van der Waals surface area contributed by atoms with Gasteiger partial charge in [0.15, 0.2) is 11.6 Å². The molecule has 1 heterocycles. The van der Waals surface area contributed by atoms with Gasteiger partial charge in [0.25, 0.3) is 11.8 Å². The van der Waals surface area contributed by atoms with Crippen LogP contribution in [0.4, 0.5) is 17.2 Å². The highest BCUT2D eigenvalue weighted by Gasteiger charge is 2.19. The fourth-order valence-corrected chi connectivity index (χ4v) is 3.93. The Morgan fingerprint density at radius 3 is 2.52 bits per heavy atom. The Bertz CT molecular complexity index is 1540. The summed E-state index contributed by atoms with van der Waals surface area (Å²) >= 11 is 0. The summed E-state index contributed by atoms with van der Waals surface area (Å²) in [6.07, 6.45) is 5.69. The molecular weight excluding hydrogens is 510 g/mol. The predicted octanol–water partition coefficient (Wildman–Crippen LogP) is 6.42. The van der Waals surface area contributed by atoms with Gasteiger partial charge in [-0.3, -0.25) is 9.59 Å². The van der Waals surface area contributed by atoms with Gasteiger partial charge in [0.05, 0.1) is 30.6 Å². The minimum absolute atomic E-state index is 0.00245. The molecule has 4 rings (SSSR count). The molecule has 0 fully saturated rings. The van der Waals surface area contributed by atoms with Gasteiger partial charge in [-0.1, -0.05) is 30.8 Å². The highest BCUT2D eigenvalue weighted by Crippen LogP contribution is 2.39. The van der Waals surface area contributed by atoms with Crippen molar-refractivity contribution < 1.29 is 24.2 Å². The highest BCUT2D eigenvalue weighted by atomic mass is 16.5. The number of phenolic OH excluding ortho intramolecular Hbond substituents is 1. The summed E-state index contributed by atoms with van der Waals surface area (Å²) in [4.78, 5) is 29.0. The Morgan fingerprint density at radius 1 is 0.975 bits per heavy atom. The molecule has 2 amide bonds. The Morgan fingerprint density at radius 2 is 1.75 bits per heavy atom. The molecule has 0 aliphatic rings. The number of pyridine rings is 1. The Labute approximate surface area is 231 Å². The number of benzene rings is 3. The SMILES string of the molecule is C=COCCCCCOc1ccc(NC(=O)c2cc3ccccc3c(N=Nc3ncccc3C(N)=O)c2O)cc1. The van der Waals surface area contributed by atoms with Crippen molar-refractivity contribution in [2.75, 3.05) is 18.5 Å². The molecule has 0 saturated carbocycles. The lowest BCUT2D eigenvalue weighted by molar-refractivity contribution is 0.0997. The number of primary amides is 1. The number of fused-ring (bicyclic) bond motifs is 1. The van der Waals surface area contributed by atoms with Crippen molar-refractivity contribution in [3.05, 3.63) is 96.9 Å². The van der Waals surface area contributed by atoms with E-state index in [1.807, 2.05) is 0 Å². The first-order valence-electron chi connectivity index (χ1n) is 12.7. The molecule has 0 saturated heterocycles. The van der Waals surface area contributed by atoms with Crippen LogP contribution in [0.1, 0.15) is 40.0 Å². The second-order valence-corrected chi connectivity index (χ2v) is 8.71. The van der Waals surface area contributed by atoms with E-state index in [0.717, 1.165) is 19.3 Å². The fourth-order valence-electron chi connectivity index (χ4n) is 3.93. The maximum Gasteiger partial charge on any atom is 0.259 e. The molecule has 204 valence electrons. The van der Waals surface area contributed by atoms with E-state index in [2.05, 4.69) is 27.1 Å². The minimum Gasteiger partial charge on any atom is -0.505 e. The number of phenols is 1. The topological polar surface area (TPSA) is 148 Å². The Kier molecular flexibility index (Phi) is 9.39. The van der Waals surface area contributed by atoms with E-state index in [1.54, 1.807) is 60.7 Å². The molecular formula is C30H29N5O5. The van der Waals surface area contributed by atoms with Gasteiger partial charge in [-0.25, -0.2) is 4.98 Å². The van der Waals surface area contributed by atoms with Crippen LogP contribution >= 0.6 is 0 Å². The van der Waals surface area contributed by atoms with Gasteiger partial charge in [-0.05, 0) is 67.1 Å². The number of nitrogens with two attached hydrogens (primary N) is 1. The number of carbonyl (C=O) groups excluding carboxylic acids is 2. The van der Waals surface area contributed by atoms with Gasteiger partial charge in [0, 0.05) is 17.3 Å². The van der Waals surface area contributed by atoms with Gasteiger partial charge in [-0.2, -0.15) is 0 Å². The first-order chi connectivity index (χ1) is 19.5. The second-order valence-electron chi connectivity index (χ2n) is 8.71. The van der Waals surface area contributed by atoms with Gasteiger partial charge in [-0.15, -0.1) is 10.2 Å². The molecule has 0 spiro atoms. The molecule has 1 aromatic heterocycles.